The molecule has 1 heterocycles. The van der Waals surface area contributed by atoms with E-state index in [4.69, 9.17) is 4.74 Å². The Labute approximate surface area is 160 Å². The lowest BCUT2D eigenvalue weighted by molar-refractivity contribution is -0.146. The number of thiophene rings is 1. The van der Waals surface area contributed by atoms with Crippen molar-refractivity contribution in [3.8, 4) is 0 Å². The molecule has 2 aromatic carbocycles. The number of hydrogen-bond acceptors (Lipinski definition) is 5. The van der Waals surface area contributed by atoms with E-state index in [-0.39, 0.29) is 18.9 Å². The van der Waals surface area contributed by atoms with Crippen LogP contribution in [0.5, 0.6) is 0 Å². The average Bonchev–Trinajstić information content (AvgIpc) is 3.15. The molecule has 0 unspecified atom stereocenters. The number of anilines is 1. The van der Waals surface area contributed by atoms with E-state index in [1.165, 1.54) is 11.3 Å². The summed E-state index contributed by atoms with van der Waals surface area (Å²) in [5.41, 5.74) is 1.59. The number of rotatable bonds is 7. The Balaban J connectivity index is 1.55. The second-order valence-corrected chi connectivity index (χ2v) is 7.32. The molecule has 0 aliphatic carbocycles. The lowest BCUT2D eigenvalue weighted by Crippen LogP contribution is -2.21. The third-order valence-electron chi connectivity index (χ3n) is 3.42. The lowest BCUT2D eigenvalue weighted by atomic mass is 10.2. The first-order valence-corrected chi connectivity index (χ1v) is 9.75. The van der Waals surface area contributed by atoms with Crippen LogP contribution in [0.4, 0.5) is 5.69 Å². The summed E-state index contributed by atoms with van der Waals surface area (Å²) in [5, 5.41) is 6.60. The fourth-order valence-electron chi connectivity index (χ4n) is 2.22. The van der Waals surface area contributed by atoms with Gasteiger partial charge in [0.1, 0.15) is 0 Å². The van der Waals surface area contributed by atoms with Crippen molar-refractivity contribution in [2.75, 3.05) is 11.9 Å². The molecule has 26 heavy (non-hydrogen) atoms. The fraction of sp³-hybridized carbons (Fsp3) is 0.100. The van der Waals surface area contributed by atoms with Crippen LogP contribution in [0.2, 0.25) is 0 Å². The molecule has 6 heteroatoms. The zero-order valence-corrected chi connectivity index (χ0v) is 15.5. The van der Waals surface area contributed by atoms with Gasteiger partial charge in [0, 0.05) is 9.79 Å². The highest BCUT2D eigenvalue weighted by atomic mass is 32.2. The molecular formula is C20H17NO3S2. The van der Waals surface area contributed by atoms with E-state index in [0.717, 1.165) is 15.4 Å². The van der Waals surface area contributed by atoms with Gasteiger partial charge >= 0.3 is 5.97 Å². The van der Waals surface area contributed by atoms with Gasteiger partial charge in [0.15, 0.2) is 6.61 Å². The zero-order valence-electron chi connectivity index (χ0n) is 13.9. The second-order valence-electron chi connectivity index (χ2n) is 5.43. The van der Waals surface area contributed by atoms with E-state index in [1.807, 2.05) is 71.4 Å². The minimum Gasteiger partial charge on any atom is -0.455 e. The number of para-hydroxylation sites is 1. The Bertz CT molecular complexity index is 864. The average molecular weight is 383 g/mol. The molecule has 0 aliphatic rings. The highest BCUT2D eigenvalue weighted by Crippen LogP contribution is 2.33. The van der Waals surface area contributed by atoms with Gasteiger partial charge in [0.05, 0.1) is 12.1 Å². The Kier molecular flexibility index (Phi) is 6.46. The maximum Gasteiger partial charge on any atom is 0.310 e. The van der Waals surface area contributed by atoms with Crippen molar-refractivity contribution < 1.29 is 14.3 Å². The summed E-state index contributed by atoms with van der Waals surface area (Å²) in [6, 6.07) is 19.3. The standard InChI is InChI=1S/C20H17NO3S2/c22-19(13-24-20(23)12-15-10-11-25-14-15)21-17-8-4-5-9-18(17)26-16-6-2-1-3-7-16/h1-11,14H,12-13H2,(H,21,22). The van der Waals surface area contributed by atoms with E-state index in [0.29, 0.717) is 5.69 Å². The number of carbonyl (C=O) groups excluding carboxylic acids is 2. The van der Waals surface area contributed by atoms with Gasteiger partial charge in [-0.15, -0.1) is 0 Å². The number of esters is 1. The predicted molar refractivity (Wildman–Crippen MR) is 105 cm³/mol. The number of amides is 1. The van der Waals surface area contributed by atoms with Crippen LogP contribution in [0, 0.1) is 0 Å². The molecule has 4 nitrogen and oxygen atoms in total. The van der Waals surface area contributed by atoms with Crippen LogP contribution in [0.3, 0.4) is 0 Å². The maximum absolute atomic E-state index is 12.1. The van der Waals surface area contributed by atoms with Gasteiger partial charge in [0.2, 0.25) is 0 Å². The summed E-state index contributed by atoms with van der Waals surface area (Å²) in [7, 11) is 0. The van der Waals surface area contributed by atoms with Gasteiger partial charge in [-0.05, 0) is 46.7 Å². The van der Waals surface area contributed by atoms with Gasteiger partial charge in [0.25, 0.3) is 5.91 Å². The highest BCUT2D eigenvalue weighted by Gasteiger charge is 2.11. The van der Waals surface area contributed by atoms with Gasteiger partial charge < -0.3 is 10.1 Å². The zero-order chi connectivity index (χ0) is 18.2. The molecule has 132 valence electrons. The monoisotopic (exact) mass is 383 g/mol. The van der Waals surface area contributed by atoms with E-state index < -0.39 is 5.97 Å². The molecule has 3 aromatic rings. The molecule has 0 bridgehead atoms. The van der Waals surface area contributed by atoms with E-state index in [1.54, 1.807) is 11.8 Å². The van der Waals surface area contributed by atoms with Gasteiger partial charge in [-0.25, -0.2) is 0 Å². The third-order valence-corrected chi connectivity index (χ3v) is 5.24. The number of benzene rings is 2. The Hall–Kier alpha value is -2.57. The van der Waals surface area contributed by atoms with Crippen molar-refractivity contribution in [3.05, 3.63) is 77.0 Å². The Morgan fingerprint density at radius 1 is 1.00 bits per heavy atom. The SMILES string of the molecule is O=C(COC(=O)Cc1ccsc1)Nc1ccccc1Sc1ccccc1. The minimum absolute atomic E-state index is 0.178. The number of hydrogen-bond donors (Lipinski definition) is 1. The minimum atomic E-state index is -0.412. The molecule has 1 N–H and O–H groups in total. The maximum atomic E-state index is 12.1. The smallest absolute Gasteiger partial charge is 0.310 e. The van der Waals surface area contributed by atoms with Crippen LogP contribution >= 0.6 is 23.1 Å². The van der Waals surface area contributed by atoms with E-state index >= 15 is 0 Å². The lowest BCUT2D eigenvalue weighted by Gasteiger charge is -2.11. The first kappa shape index (κ1) is 18.2. The summed E-state index contributed by atoms with van der Waals surface area (Å²) in [6.45, 7) is -0.298. The molecule has 1 amide bonds. The van der Waals surface area contributed by atoms with Gasteiger partial charge in [-0.3, -0.25) is 9.59 Å². The molecule has 0 aliphatic heterocycles. The summed E-state index contributed by atoms with van der Waals surface area (Å²) in [5.74, 6) is -0.768. The van der Waals surface area contributed by atoms with Crippen molar-refractivity contribution in [1.29, 1.82) is 0 Å². The Morgan fingerprint density at radius 3 is 2.54 bits per heavy atom. The quantitative estimate of drug-likeness (QED) is 0.605. The van der Waals surface area contributed by atoms with E-state index in [2.05, 4.69) is 5.32 Å². The first-order chi connectivity index (χ1) is 12.7. The third kappa shape index (κ3) is 5.47. The van der Waals surface area contributed by atoms with Gasteiger partial charge in [-0.1, -0.05) is 42.1 Å². The van der Waals surface area contributed by atoms with Crippen LogP contribution in [-0.4, -0.2) is 18.5 Å². The van der Waals surface area contributed by atoms with Crippen LogP contribution in [0.1, 0.15) is 5.56 Å². The van der Waals surface area contributed by atoms with Crippen molar-refractivity contribution >= 4 is 40.7 Å². The van der Waals surface area contributed by atoms with Crippen LogP contribution in [0.25, 0.3) is 0 Å². The normalized spacial score (nSPS) is 10.3. The number of nitrogens with one attached hydrogen (secondary N) is 1. The molecular weight excluding hydrogens is 366 g/mol. The first-order valence-electron chi connectivity index (χ1n) is 7.99. The fourth-order valence-corrected chi connectivity index (χ4v) is 3.81. The number of ether oxygens (including phenoxy) is 1. The van der Waals surface area contributed by atoms with Crippen molar-refractivity contribution in [2.24, 2.45) is 0 Å². The number of carbonyl (C=O) groups is 2. The molecule has 0 saturated carbocycles. The summed E-state index contributed by atoms with van der Waals surface area (Å²) in [6.07, 6.45) is 0.178. The largest absolute Gasteiger partial charge is 0.455 e. The van der Waals surface area contributed by atoms with Crippen molar-refractivity contribution in [2.45, 2.75) is 16.2 Å². The highest BCUT2D eigenvalue weighted by molar-refractivity contribution is 7.99. The molecule has 0 saturated heterocycles. The molecule has 0 spiro atoms. The Morgan fingerprint density at radius 2 is 1.77 bits per heavy atom. The topological polar surface area (TPSA) is 55.4 Å². The van der Waals surface area contributed by atoms with Crippen LogP contribution < -0.4 is 5.32 Å². The summed E-state index contributed by atoms with van der Waals surface area (Å²) < 4.78 is 5.05. The molecule has 0 radical (unpaired) electrons. The van der Waals surface area contributed by atoms with Crippen molar-refractivity contribution in [3.63, 3.8) is 0 Å². The van der Waals surface area contributed by atoms with E-state index in [9.17, 15) is 9.59 Å². The van der Waals surface area contributed by atoms with Crippen LogP contribution in [0.15, 0.2) is 81.2 Å². The molecule has 0 fully saturated rings. The second kappa shape index (κ2) is 9.22. The summed E-state index contributed by atoms with van der Waals surface area (Å²) in [4.78, 5) is 25.9. The molecule has 3 rings (SSSR count). The predicted octanol–water partition coefficient (Wildman–Crippen LogP) is 4.62. The molecule has 0 atom stereocenters. The molecule has 1 aromatic heterocycles. The van der Waals surface area contributed by atoms with Gasteiger partial charge in [-0.2, -0.15) is 11.3 Å². The summed E-state index contributed by atoms with van der Waals surface area (Å²) >= 11 is 3.08. The van der Waals surface area contributed by atoms with Crippen molar-refractivity contribution in [1.82, 2.24) is 0 Å². The van der Waals surface area contributed by atoms with Crippen LogP contribution in [-0.2, 0) is 20.7 Å².